The van der Waals surface area contributed by atoms with Crippen molar-refractivity contribution in [3.8, 4) is 5.69 Å². The van der Waals surface area contributed by atoms with Crippen LogP contribution in [0.5, 0.6) is 0 Å². The first-order chi connectivity index (χ1) is 15.4. The third kappa shape index (κ3) is 4.15. The molecule has 4 aromatic rings. The van der Waals surface area contributed by atoms with Crippen LogP contribution in [0.25, 0.3) is 16.7 Å². The molecule has 0 atom stereocenters. The number of amides is 1. The van der Waals surface area contributed by atoms with E-state index in [2.05, 4.69) is 10.3 Å². The van der Waals surface area contributed by atoms with E-state index in [1.54, 1.807) is 20.2 Å². The molecule has 3 aromatic carbocycles. The predicted molar refractivity (Wildman–Crippen MR) is 126 cm³/mol. The summed E-state index contributed by atoms with van der Waals surface area (Å²) in [4.78, 5) is 17.2. The van der Waals surface area contributed by atoms with Crippen molar-refractivity contribution >= 4 is 32.7 Å². The van der Waals surface area contributed by atoms with Crippen molar-refractivity contribution in [3.63, 3.8) is 0 Å². The largest absolute Gasteiger partial charge is 0.322 e. The maximum Gasteiger partial charge on any atom is 0.255 e. The first-order valence-electron chi connectivity index (χ1n) is 10.4. The molecule has 0 fully saturated rings. The molecule has 0 unspecified atom stereocenters. The minimum Gasteiger partial charge on any atom is -0.322 e. The van der Waals surface area contributed by atoms with Gasteiger partial charge in [-0.2, -0.15) is 4.31 Å². The van der Waals surface area contributed by atoms with Gasteiger partial charge in [-0.3, -0.25) is 9.36 Å². The number of anilines is 1. The maximum atomic E-state index is 12.6. The molecule has 1 amide bonds. The molecule has 0 saturated heterocycles. The Balaban J connectivity index is 1.48. The predicted octanol–water partition coefficient (Wildman–Crippen LogP) is 4.31. The first kappa shape index (κ1) is 21.7. The summed E-state index contributed by atoms with van der Waals surface area (Å²) in [5, 5.41) is 2.85. The maximum absolute atomic E-state index is 12.6. The molecular weight excluding hydrogens is 424 g/mol. The van der Waals surface area contributed by atoms with Crippen LogP contribution in [-0.4, -0.2) is 41.3 Å². The Morgan fingerprint density at radius 3 is 2.25 bits per heavy atom. The van der Waals surface area contributed by atoms with Gasteiger partial charge in [-0.05, 0) is 60.7 Å². The number of aromatic nitrogens is 2. The van der Waals surface area contributed by atoms with Crippen molar-refractivity contribution in [2.24, 2.45) is 0 Å². The van der Waals surface area contributed by atoms with Crippen LogP contribution < -0.4 is 5.32 Å². The molecule has 0 radical (unpaired) electrons. The van der Waals surface area contributed by atoms with Crippen molar-refractivity contribution in [2.75, 3.05) is 18.4 Å². The second-order valence-electron chi connectivity index (χ2n) is 7.22. The third-order valence-electron chi connectivity index (χ3n) is 5.32. The molecule has 7 nitrogen and oxygen atoms in total. The second kappa shape index (κ2) is 8.94. The lowest BCUT2D eigenvalue weighted by Crippen LogP contribution is -2.30. The van der Waals surface area contributed by atoms with Gasteiger partial charge in [0, 0.05) is 30.0 Å². The molecule has 4 rings (SSSR count). The van der Waals surface area contributed by atoms with Gasteiger partial charge in [0.05, 0.1) is 15.9 Å². The number of sulfonamides is 1. The Morgan fingerprint density at radius 1 is 0.938 bits per heavy atom. The number of benzene rings is 3. The van der Waals surface area contributed by atoms with E-state index in [0.717, 1.165) is 16.7 Å². The summed E-state index contributed by atoms with van der Waals surface area (Å²) in [7, 11) is -3.55. The van der Waals surface area contributed by atoms with Crippen LogP contribution in [0.4, 0.5) is 5.69 Å². The molecule has 1 heterocycles. The van der Waals surface area contributed by atoms with Crippen LogP contribution in [0.15, 0.2) is 84.0 Å². The molecule has 0 aliphatic rings. The first-order valence-corrected chi connectivity index (χ1v) is 11.8. The zero-order valence-corrected chi connectivity index (χ0v) is 18.7. The van der Waals surface area contributed by atoms with E-state index in [0.29, 0.717) is 24.3 Å². The van der Waals surface area contributed by atoms with Gasteiger partial charge < -0.3 is 5.32 Å². The van der Waals surface area contributed by atoms with E-state index in [1.807, 2.05) is 53.1 Å². The molecular formula is C24H24N4O3S. The number of fused-ring (bicyclic) bond motifs is 1. The Morgan fingerprint density at radius 2 is 1.59 bits per heavy atom. The van der Waals surface area contributed by atoms with E-state index in [1.165, 1.54) is 28.6 Å². The van der Waals surface area contributed by atoms with Crippen LogP contribution >= 0.6 is 0 Å². The number of imidazole rings is 1. The SMILES string of the molecule is CCN(CC)S(=O)(=O)c1ccc(C(=O)Nc2ccc(-n3cnc4ccccc43)cc2)cc1. The number of hydrogen-bond donors (Lipinski definition) is 1. The Kier molecular flexibility index (Phi) is 6.07. The van der Waals surface area contributed by atoms with E-state index in [9.17, 15) is 13.2 Å². The summed E-state index contributed by atoms with van der Waals surface area (Å²) in [5.74, 6) is -0.308. The number of carbonyl (C=O) groups is 1. The number of nitrogens with zero attached hydrogens (tertiary/aromatic N) is 3. The lowest BCUT2D eigenvalue weighted by Gasteiger charge is -2.18. The number of para-hydroxylation sites is 2. The van der Waals surface area contributed by atoms with Crippen molar-refractivity contribution in [3.05, 3.63) is 84.7 Å². The van der Waals surface area contributed by atoms with Crippen molar-refractivity contribution in [1.82, 2.24) is 13.9 Å². The standard InChI is InChI=1S/C24H24N4O3S/c1-3-27(4-2)32(30,31)21-15-9-18(10-16-21)24(29)26-19-11-13-20(14-12-19)28-17-25-22-7-5-6-8-23(22)28/h5-17H,3-4H2,1-2H3,(H,26,29). The van der Waals surface area contributed by atoms with E-state index in [4.69, 9.17) is 0 Å². The number of rotatable bonds is 7. The third-order valence-corrected chi connectivity index (χ3v) is 7.38. The summed E-state index contributed by atoms with van der Waals surface area (Å²) in [6, 6.07) is 21.3. The normalized spacial score (nSPS) is 11.7. The van der Waals surface area contributed by atoms with Crippen LogP contribution in [0.3, 0.4) is 0 Å². The van der Waals surface area contributed by atoms with Crippen molar-refractivity contribution < 1.29 is 13.2 Å². The monoisotopic (exact) mass is 448 g/mol. The lowest BCUT2D eigenvalue weighted by molar-refractivity contribution is 0.102. The van der Waals surface area contributed by atoms with Gasteiger partial charge in [0.1, 0.15) is 6.33 Å². The molecule has 8 heteroatoms. The Hall–Kier alpha value is -3.49. The van der Waals surface area contributed by atoms with Gasteiger partial charge in [-0.15, -0.1) is 0 Å². The zero-order chi connectivity index (χ0) is 22.7. The summed E-state index contributed by atoms with van der Waals surface area (Å²) < 4.78 is 28.6. The average Bonchev–Trinajstić information content (AvgIpc) is 3.24. The number of nitrogens with one attached hydrogen (secondary N) is 1. The van der Waals surface area contributed by atoms with Gasteiger partial charge in [0.2, 0.25) is 10.0 Å². The molecule has 164 valence electrons. The fourth-order valence-electron chi connectivity index (χ4n) is 3.56. The molecule has 32 heavy (non-hydrogen) atoms. The quantitative estimate of drug-likeness (QED) is 0.457. The molecule has 1 N–H and O–H groups in total. The van der Waals surface area contributed by atoms with Crippen molar-refractivity contribution in [2.45, 2.75) is 18.7 Å². The van der Waals surface area contributed by atoms with Crippen LogP contribution in [0, 0.1) is 0 Å². The van der Waals surface area contributed by atoms with Crippen LogP contribution in [0.2, 0.25) is 0 Å². The molecule has 0 saturated carbocycles. The minimum atomic E-state index is -3.55. The fourth-order valence-corrected chi connectivity index (χ4v) is 5.02. The second-order valence-corrected chi connectivity index (χ2v) is 9.16. The summed E-state index contributed by atoms with van der Waals surface area (Å²) in [6.07, 6.45) is 1.77. The summed E-state index contributed by atoms with van der Waals surface area (Å²) >= 11 is 0. The van der Waals surface area contributed by atoms with E-state index < -0.39 is 10.0 Å². The van der Waals surface area contributed by atoms with Gasteiger partial charge >= 0.3 is 0 Å². The van der Waals surface area contributed by atoms with Crippen LogP contribution in [-0.2, 0) is 10.0 Å². The van der Waals surface area contributed by atoms with Gasteiger partial charge in [-0.25, -0.2) is 13.4 Å². The lowest BCUT2D eigenvalue weighted by atomic mass is 10.2. The molecule has 0 spiro atoms. The van der Waals surface area contributed by atoms with Gasteiger partial charge in [0.15, 0.2) is 0 Å². The Labute approximate surface area is 187 Å². The molecule has 1 aromatic heterocycles. The van der Waals surface area contributed by atoms with Gasteiger partial charge in [-0.1, -0.05) is 26.0 Å². The molecule has 0 aliphatic carbocycles. The highest BCUT2D eigenvalue weighted by atomic mass is 32.2. The smallest absolute Gasteiger partial charge is 0.255 e. The summed E-state index contributed by atoms with van der Waals surface area (Å²) in [5.41, 5.74) is 3.87. The van der Waals surface area contributed by atoms with Gasteiger partial charge in [0.25, 0.3) is 5.91 Å². The van der Waals surface area contributed by atoms with Crippen LogP contribution in [0.1, 0.15) is 24.2 Å². The zero-order valence-electron chi connectivity index (χ0n) is 17.9. The summed E-state index contributed by atoms with van der Waals surface area (Å²) in [6.45, 7) is 4.38. The topological polar surface area (TPSA) is 84.3 Å². The van der Waals surface area contributed by atoms with Crippen molar-refractivity contribution in [1.29, 1.82) is 0 Å². The molecule has 0 aliphatic heterocycles. The highest BCUT2D eigenvalue weighted by molar-refractivity contribution is 7.89. The van der Waals surface area contributed by atoms with E-state index in [-0.39, 0.29) is 10.8 Å². The highest BCUT2D eigenvalue weighted by Gasteiger charge is 2.21. The minimum absolute atomic E-state index is 0.176. The Bertz CT molecular complexity index is 1340. The number of carbonyl (C=O) groups excluding carboxylic acids is 1. The number of hydrogen-bond acceptors (Lipinski definition) is 4. The fraction of sp³-hybridized carbons (Fsp3) is 0.167. The van der Waals surface area contributed by atoms with E-state index >= 15 is 0 Å². The molecule has 0 bridgehead atoms. The highest BCUT2D eigenvalue weighted by Crippen LogP contribution is 2.21. The average molecular weight is 449 g/mol.